The van der Waals surface area contributed by atoms with E-state index in [4.69, 9.17) is 11.6 Å². The first-order valence-corrected chi connectivity index (χ1v) is 8.23. The van der Waals surface area contributed by atoms with Crippen molar-refractivity contribution >= 4 is 45.8 Å². The van der Waals surface area contributed by atoms with Gasteiger partial charge in [-0.3, -0.25) is 14.9 Å². The van der Waals surface area contributed by atoms with E-state index >= 15 is 0 Å². The van der Waals surface area contributed by atoms with Crippen LogP contribution < -0.4 is 5.32 Å². The summed E-state index contributed by atoms with van der Waals surface area (Å²) in [5, 5.41) is 24.0. The zero-order valence-electron chi connectivity index (χ0n) is 14.1. The van der Waals surface area contributed by atoms with Gasteiger partial charge in [0.1, 0.15) is 5.69 Å². The molecule has 1 amide bonds. The Morgan fingerprint density at radius 2 is 2.04 bits per heavy atom. The van der Waals surface area contributed by atoms with Gasteiger partial charge in [0.05, 0.1) is 22.6 Å². The topological polar surface area (TPSA) is 125 Å². The molecule has 2 aromatic carbocycles. The van der Waals surface area contributed by atoms with Crippen molar-refractivity contribution in [3.8, 4) is 0 Å². The van der Waals surface area contributed by atoms with Gasteiger partial charge in [0.25, 0.3) is 5.69 Å². The highest BCUT2D eigenvalue weighted by Gasteiger charge is 2.21. The predicted molar refractivity (Wildman–Crippen MR) is 100 cm³/mol. The molecule has 138 valence electrons. The number of nitro benzene ring substituents is 1. The first kappa shape index (κ1) is 18.4. The lowest BCUT2D eigenvalue weighted by Crippen LogP contribution is -2.17. The molecule has 3 N–H and O–H groups in total. The first-order chi connectivity index (χ1) is 12.8. The largest absolute Gasteiger partial charge is 0.477 e. The van der Waals surface area contributed by atoms with Gasteiger partial charge in [-0.15, -0.1) is 0 Å². The molecule has 0 aliphatic carbocycles. The molecule has 0 fully saturated rings. The number of hydrogen-bond acceptors (Lipinski definition) is 4. The van der Waals surface area contributed by atoms with Crippen LogP contribution in [0.3, 0.4) is 0 Å². The van der Waals surface area contributed by atoms with E-state index in [-0.39, 0.29) is 17.8 Å². The molecule has 0 saturated carbocycles. The third kappa shape index (κ3) is 3.61. The Kier molecular flexibility index (Phi) is 4.83. The number of H-pyrrole nitrogens is 1. The summed E-state index contributed by atoms with van der Waals surface area (Å²) in [6.07, 6.45) is -0.232. The number of amides is 1. The van der Waals surface area contributed by atoms with Crippen LogP contribution in [0, 0.1) is 17.0 Å². The predicted octanol–water partition coefficient (Wildman–Crippen LogP) is 3.92. The molecule has 0 saturated heterocycles. The number of aromatic carboxylic acids is 1. The highest BCUT2D eigenvalue weighted by Crippen LogP contribution is 2.28. The normalized spacial score (nSPS) is 10.7. The van der Waals surface area contributed by atoms with E-state index in [0.29, 0.717) is 32.7 Å². The van der Waals surface area contributed by atoms with E-state index in [1.807, 2.05) is 0 Å². The minimum absolute atomic E-state index is 0.0989. The van der Waals surface area contributed by atoms with Gasteiger partial charge in [-0.05, 0) is 31.2 Å². The Morgan fingerprint density at radius 3 is 2.70 bits per heavy atom. The highest BCUT2D eigenvalue weighted by molar-refractivity contribution is 6.31. The van der Waals surface area contributed by atoms with Gasteiger partial charge in [-0.2, -0.15) is 0 Å². The summed E-state index contributed by atoms with van der Waals surface area (Å²) in [6.45, 7) is 1.53. The van der Waals surface area contributed by atoms with Gasteiger partial charge in [-0.1, -0.05) is 17.7 Å². The van der Waals surface area contributed by atoms with Gasteiger partial charge in [-0.25, -0.2) is 4.79 Å². The molecule has 0 bridgehead atoms. The van der Waals surface area contributed by atoms with Crippen molar-refractivity contribution < 1.29 is 19.6 Å². The molecule has 0 radical (unpaired) electrons. The van der Waals surface area contributed by atoms with Crippen LogP contribution in [-0.4, -0.2) is 26.9 Å². The maximum absolute atomic E-state index is 12.5. The number of aromatic amines is 1. The van der Waals surface area contributed by atoms with Crippen LogP contribution in [0.2, 0.25) is 5.02 Å². The monoisotopic (exact) mass is 387 g/mol. The number of hydrogen-bond donors (Lipinski definition) is 3. The zero-order chi connectivity index (χ0) is 19.7. The van der Waals surface area contributed by atoms with E-state index < -0.39 is 16.8 Å². The van der Waals surface area contributed by atoms with Crippen LogP contribution in [0.4, 0.5) is 11.4 Å². The van der Waals surface area contributed by atoms with E-state index in [0.717, 1.165) is 0 Å². The number of halogens is 1. The summed E-state index contributed by atoms with van der Waals surface area (Å²) in [6, 6.07) is 9.19. The summed E-state index contributed by atoms with van der Waals surface area (Å²) in [4.78, 5) is 37.3. The fourth-order valence-corrected chi connectivity index (χ4v) is 3.07. The van der Waals surface area contributed by atoms with E-state index in [1.165, 1.54) is 19.1 Å². The molecule has 9 heteroatoms. The number of nitrogens with zero attached hydrogens (tertiary/aromatic N) is 1. The number of aromatic nitrogens is 1. The Morgan fingerprint density at radius 1 is 1.30 bits per heavy atom. The van der Waals surface area contributed by atoms with Crippen LogP contribution in [0.25, 0.3) is 10.9 Å². The number of nitro groups is 1. The molecule has 1 aromatic heterocycles. The first-order valence-electron chi connectivity index (χ1n) is 7.85. The number of rotatable bonds is 5. The summed E-state index contributed by atoms with van der Waals surface area (Å²) >= 11 is 5.99. The highest BCUT2D eigenvalue weighted by atomic mass is 35.5. The van der Waals surface area contributed by atoms with Crippen LogP contribution in [-0.2, 0) is 11.2 Å². The lowest BCUT2D eigenvalue weighted by atomic mass is 10.1. The lowest BCUT2D eigenvalue weighted by molar-refractivity contribution is -0.385. The van der Waals surface area contributed by atoms with Crippen molar-refractivity contribution in [2.45, 2.75) is 13.3 Å². The van der Waals surface area contributed by atoms with Gasteiger partial charge in [0.2, 0.25) is 5.91 Å². The number of benzene rings is 2. The standard InChI is InChI=1S/C18H14ClN3O5/c1-9-13(3-2-4-15(9)22(26)27)20-16(23)8-12-11-7-10(19)5-6-14(11)21-17(12)18(24)25/h2-7,21H,8H2,1H3,(H,20,23)(H,24,25). The molecule has 0 spiro atoms. The fourth-order valence-electron chi connectivity index (χ4n) is 2.90. The number of carboxylic acid groups (broad SMARTS) is 1. The van der Waals surface area contributed by atoms with E-state index in [2.05, 4.69) is 10.3 Å². The van der Waals surface area contributed by atoms with Crippen molar-refractivity contribution in [1.29, 1.82) is 0 Å². The molecule has 3 aromatic rings. The number of nitrogens with one attached hydrogen (secondary N) is 2. The number of fused-ring (bicyclic) bond motifs is 1. The fraction of sp³-hybridized carbons (Fsp3) is 0.111. The van der Waals surface area contributed by atoms with Gasteiger partial charge in [0, 0.05) is 27.6 Å². The second-order valence-electron chi connectivity index (χ2n) is 5.91. The molecular formula is C18H14ClN3O5. The van der Waals surface area contributed by atoms with Gasteiger partial charge in [0.15, 0.2) is 0 Å². The third-order valence-electron chi connectivity index (χ3n) is 4.20. The molecular weight excluding hydrogens is 374 g/mol. The zero-order valence-corrected chi connectivity index (χ0v) is 14.8. The van der Waals surface area contributed by atoms with Crippen LogP contribution in [0.15, 0.2) is 36.4 Å². The van der Waals surface area contributed by atoms with Gasteiger partial charge >= 0.3 is 5.97 Å². The Hall–Kier alpha value is -3.39. The third-order valence-corrected chi connectivity index (χ3v) is 4.43. The summed E-state index contributed by atoms with van der Waals surface area (Å²) in [5.41, 5.74) is 1.24. The molecule has 0 aliphatic rings. The maximum Gasteiger partial charge on any atom is 0.352 e. The van der Waals surface area contributed by atoms with Crippen molar-refractivity contribution in [3.05, 3.63) is 68.4 Å². The van der Waals surface area contributed by atoms with Crippen molar-refractivity contribution in [3.63, 3.8) is 0 Å². The molecule has 1 heterocycles. The smallest absolute Gasteiger partial charge is 0.352 e. The SMILES string of the molecule is Cc1c(NC(=O)Cc2c(C(=O)O)[nH]c3ccc(Cl)cc23)cccc1[N+](=O)[O-]. The van der Waals surface area contributed by atoms with E-state index in [1.54, 1.807) is 24.3 Å². The quantitative estimate of drug-likeness (QED) is 0.452. The Labute approximate surface area is 157 Å². The molecule has 0 aliphatic heterocycles. The Balaban J connectivity index is 1.94. The lowest BCUT2D eigenvalue weighted by Gasteiger charge is -2.09. The number of carbonyl (C=O) groups excluding carboxylic acids is 1. The van der Waals surface area contributed by atoms with Gasteiger partial charge < -0.3 is 15.4 Å². The molecule has 8 nitrogen and oxygen atoms in total. The summed E-state index contributed by atoms with van der Waals surface area (Å²) in [7, 11) is 0. The summed E-state index contributed by atoms with van der Waals surface area (Å²) in [5.74, 6) is -1.70. The minimum Gasteiger partial charge on any atom is -0.477 e. The number of anilines is 1. The number of carbonyl (C=O) groups is 2. The summed E-state index contributed by atoms with van der Waals surface area (Å²) < 4.78 is 0. The molecule has 0 atom stereocenters. The molecule has 27 heavy (non-hydrogen) atoms. The second kappa shape index (κ2) is 7.08. The van der Waals surface area contributed by atoms with Crippen molar-refractivity contribution in [2.75, 3.05) is 5.32 Å². The molecule has 0 unspecified atom stereocenters. The average molecular weight is 388 g/mol. The maximum atomic E-state index is 12.5. The Bertz CT molecular complexity index is 1090. The molecule has 3 rings (SSSR count). The van der Waals surface area contributed by atoms with E-state index in [9.17, 15) is 24.8 Å². The average Bonchev–Trinajstić information content (AvgIpc) is 2.94. The number of carboxylic acids is 1. The van der Waals surface area contributed by atoms with Crippen LogP contribution >= 0.6 is 11.6 Å². The van der Waals surface area contributed by atoms with Crippen LogP contribution in [0.5, 0.6) is 0 Å². The van der Waals surface area contributed by atoms with Crippen LogP contribution in [0.1, 0.15) is 21.6 Å². The minimum atomic E-state index is -1.20. The van der Waals surface area contributed by atoms with Crippen molar-refractivity contribution in [2.24, 2.45) is 0 Å². The second-order valence-corrected chi connectivity index (χ2v) is 6.34. The van der Waals surface area contributed by atoms with Crippen molar-refractivity contribution in [1.82, 2.24) is 4.98 Å².